The number of ether oxygens (including phenoxy) is 2. The van der Waals surface area contributed by atoms with Crippen LogP contribution in [0.4, 0.5) is 0 Å². The molecule has 0 unspecified atom stereocenters. The minimum absolute atomic E-state index is 0.0823. The van der Waals surface area contributed by atoms with Crippen LogP contribution in [0.1, 0.15) is 24.0 Å². The predicted molar refractivity (Wildman–Crippen MR) is 107 cm³/mol. The number of rotatable bonds is 4. The molecule has 2 heterocycles. The van der Waals surface area contributed by atoms with Gasteiger partial charge in [-0.1, -0.05) is 60.7 Å². The maximum atomic E-state index is 13.4. The molecule has 7 rings (SSSR count). The molecule has 2 aromatic carbocycles. The van der Waals surface area contributed by atoms with Crippen molar-refractivity contribution in [2.45, 2.75) is 34.7 Å². The van der Waals surface area contributed by atoms with Gasteiger partial charge in [0.2, 0.25) is 0 Å². The molecule has 0 amide bonds. The van der Waals surface area contributed by atoms with Crippen LogP contribution in [-0.2, 0) is 29.9 Å². The molecule has 2 aromatic rings. The van der Waals surface area contributed by atoms with Gasteiger partial charge < -0.3 is 9.47 Å². The summed E-state index contributed by atoms with van der Waals surface area (Å²) in [5.41, 5.74) is -1.67. The van der Waals surface area contributed by atoms with E-state index in [0.29, 0.717) is 12.8 Å². The van der Waals surface area contributed by atoms with E-state index in [4.69, 9.17) is 9.47 Å². The normalized spacial score (nSPS) is 41.4. The fourth-order valence-corrected chi connectivity index (χ4v) is 7.13. The van der Waals surface area contributed by atoms with E-state index in [2.05, 4.69) is 10.2 Å². The lowest BCUT2D eigenvalue weighted by Crippen LogP contribution is -2.69. The number of nitrogens with zero attached hydrogens (tertiary/aromatic N) is 2. The van der Waals surface area contributed by atoms with E-state index in [1.807, 2.05) is 60.7 Å². The second-order valence-corrected chi connectivity index (χ2v) is 8.88. The summed E-state index contributed by atoms with van der Waals surface area (Å²) in [6.07, 6.45) is 1.30. The third-order valence-corrected chi connectivity index (χ3v) is 8.19. The third kappa shape index (κ3) is 1.53. The molecule has 3 fully saturated rings. The van der Waals surface area contributed by atoms with E-state index in [9.17, 15) is 9.59 Å². The molecule has 30 heavy (non-hydrogen) atoms. The van der Waals surface area contributed by atoms with Crippen molar-refractivity contribution in [1.82, 2.24) is 0 Å². The number of benzene rings is 2. The Hall–Kier alpha value is -3.02. The Morgan fingerprint density at radius 2 is 1.17 bits per heavy atom. The van der Waals surface area contributed by atoms with Gasteiger partial charge in [-0.3, -0.25) is 0 Å². The lowest BCUT2D eigenvalue weighted by molar-refractivity contribution is -0.162. The molecule has 2 bridgehead atoms. The van der Waals surface area contributed by atoms with Crippen molar-refractivity contribution in [3.05, 3.63) is 71.8 Å². The third-order valence-electron chi connectivity index (χ3n) is 8.19. The first-order chi connectivity index (χ1) is 14.6. The van der Waals surface area contributed by atoms with Crippen molar-refractivity contribution in [1.29, 1.82) is 0 Å². The zero-order valence-corrected chi connectivity index (χ0v) is 16.9. The molecule has 0 N–H and O–H groups in total. The maximum absolute atomic E-state index is 13.4. The van der Waals surface area contributed by atoms with Crippen molar-refractivity contribution in [2.24, 2.45) is 22.1 Å². The summed E-state index contributed by atoms with van der Waals surface area (Å²) in [5.74, 6) is -0.890. The first kappa shape index (κ1) is 17.8. The van der Waals surface area contributed by atoms with Crippen molar-refractivity contribution in [3.8, 4) is 0 Å². The van der Waals surface area contributed by atoms with Crippen LogP contribution in [0.5, 0.6) is 0 Å². The topological polar surface area (TPSA) is 77.3 Å². The molecular weight excluding hydrogens is 380 g/mol. The number of esters is 2. The van der Waals surface area contributed by atoms with E-state index >= 15 is 0 Å². The van der Waals surface area contributed by atoms with Gasteiger partial charge in [0.1, 0.15) is 0 Å². The van der Waals surface area contributed by atoms with E-state index < -0.39 is 21.9 Å². The van der Waals surface area contributed by atoms with E-state index in [-0.39, 0.29) is 23.8 Å². The standard InChI is InChI=1S/C24H22N2O4/c1-29-19(27)23-17-13-18(17)24(26-25-23,20(28)30-2)22(16-11-7-4-8-12-16)14-21(22,23)15-9-5-3-6-10-15/h3-12,17-18H,13-14H2,1-2H3/t17-,18+,21-,22+,23+,24-. The van der Waals surface area contributed by atoms with Gasteiger partial charge in [-0.15, -0.1) is 0 Å². The van der Waals surface area contributed by atoms with Gasteiger partial charge in [0.25, 0.3) is 0 Å². The van der Waals surface area contributed by atoms with E-state index in [0.717, 1.165) is 11.1 Å². The molecule has 3 saturated carbocycles. The van der Waals surface area contributed by atoms with Crippen LogP contribution in [0.3, 0.4) is 0 Å². The Bertz CT molecular complexity index is 1020. The average molecular weight is 402 g/mol. The average Bonchev–Trinajstić information content (AvgIpc) is 3.72. The monoisotopic (exact) mass is 402 g/mol. The molecule has 6 atom stereocenters. The molecule has 0 aromatic heterocycles. The Morgan fingerprint density at radius 1 is 0.767 bits per heavy atom. The molecule has 152 valence electrons. The summed E-state index contributed by atoms with van der Waals surface area (Å²) in [5, 5.41) is 9.31. The van der Waals surface area contributed by atoms with Crippen LogP contribution in [0.2, 0.25) is 0 Å². The van der Waals surface area contributed by atoms with E-state index in [1.165, 1.54) is 14.2 Å². The molecule has 6 nitrogen and oxygen atoms in total. The Balaban J connectivity index is 1.74. The highest BCUT2D eigenvalue weighted by Crippen LogP contribution is 2.88. The number of azo groups is 1. The Kier molecular flexibility index (Phi) is 3.18. The van der Waals surface area contributed by atoms with Gasteiger partial charge in [-0.25, -0.2) is 9.59 Å². The van der Waals surface area contributed by atoms with Crippen molar-refractivity contribution in [2.75, 3.05) is 14.2 Å². The highest BCUT2D eigenvalue weighted by Gasteiger charge is 2.99. The van der Waals surface area contributed by atoms with Crippen molar-refractivity contribution in [3.63, 3.8) is 0 Å². The first-order valence-corrected chi connectivity index (χ1v) is 10.3. The molecular formula is C24H22N2O4. The van der Waals surface area contributed by atoms with Crippen LogP contribution in [0.15, 0.2) is 70.9 Å². The van der Waals surface area contributed by atoms with Gasteiger partial charge >= 0.3 is 11.9 Å². The molecule has 0 radical (unpaired) electrons. The zero-order chi connectivity index (χ0) is 20.8. The Morgan fingerprint density at radius 3 is 1.53 bits per heavy atom. The summed E-state index contributed by atoms with van der Waals surface area (Å²) in [4.78, 5) is 26.8. The van der Waals surface area contributed by atoms with E-state index in [1.54, 1.807) is 0 Å². The van der Waals surface area contributed by atoms with Crippen LogP contribution in [0.25, 0.3) is 0 Å². The molecule has 5 aliphatic rings. The minimum atomic E-state index is -1.13. The van der Waals surface area contributed by atoms with Gasteiger partial charge in [-0.2, -0.15) is 10.2 Å². The minimum Gasteiger partial charge on any atom is -0.467 e. The lowest BCUT2D eigenvalue weighted by atomic mass is 9.54. The van der Waals surface area contributed by atoms with Crippen molar-refractivity contribution >= 4 is 11.9 Å². The van der Waals surface area contributed by atoms with Gasteiger partial charge in [0.05, 0.1) is 14.2 Å². The summed E-state index contributed by atoms with van der Waals surface area (Å²) >= 11 is 0. The second kappa shape index (κ2) is 5.36. The zero-order valence-electron chi connectivity index (χ0n) is 16.9. The van der Waals surface area contributed by atoms with Gasteiger partial charge in [0.15, 0.2) is 11.1 Å². The van der Waals surface area contributed by atoms with Crippen LogP contribution in [0, 0.1) is 11.8 Å². The summed E-state index contributed by atoms with van der Waals surface area (Å²) in [6.45, 7) is 0. The summed E-state index contributed by atoms with van der Waals surface area (Å²) < 4.78 is 10.7. The molecule has 6 heteroatoms. The number of carbonyl (C=O) groups excluding carboxylic acids is 2. The first-order valence-electron chi connectivity index (χ1n) is 10.3. The summed E-state index contributed by atoms with van der Waals surface area (Å²) in [7, 11) is 2.82. The van der Waals surface area contributed by atoms with Crippen molar-refractivity contribution < 1.29 is 19.1 Å². The highest BCUT2D eigenvalue weighted by molar-refractivity contribution is 5.96. The van der Waals surface area contributed by atoms with Gasteiger partial charge in [0, 0.05) is 22.7 Å². The fraction of sp³-hybridized carbons (Fsp3) is 0.417. The molecule has 2 aliphatic heterocycles. The van der Waals surface area contributed by atoms with Crippen LogP contribution in [-0.4, -0.2) is 37.2 Å². The number of carbonyl (C=O) groups is 2. The Labute approximate surface area is 174 Å². The van der Waals surface area contributed by atoms with Gasteiger partial charge in [-0.05, 0) is 24.0 Å². The maximum Gasteiger partial charge on any atom is 0.336 e. The summed E-state index contributed by atoms with van der Waals surface area (Å²) in [6, 6.07) is 19.9. The largest absolute Gasteiger partial charge is 0.467 e. The predicted octanol–water partition coefficient (Wildman–Crippen LogP) is 3.21. The SMILES string of the molecule is COC(=O)[C@@]12N=N[C@@](C(=O)OC)([C@H]3C[C@H]31)[C@]1(c3ccccc3)C[C@@]12c1ccccc1. The highest BCUT2D eigenvalue weighted by atomic mass is 16.5. The smallest absolute Gasteiger partial charge is 0.336 e. The molecule has 3 aliphatic carbocycles. The molecule has 0 saturated heterocycles. The quantitative estimate of drug-likeness (QED) is 0.736. The van der Waals surface area contributed by atoms with Crippen LogP contribution >= 0.6 is 0 Å². The number of hydrogen-bond donors (Lipinski definition) is 0. The number of hydrogen-bond acceptors (Lipinski definition) is 6. The second-order valence-electron chi connectivity index (χ2n) is 8.88. The molecule has 0 spiro atoms. The fourth-order valence-electron chi connectivity index (χ4n) is 7.13. The van der Waals surface area contributed by atoms with Crippen LogP contribution < -0.4 is 0 Å². The number of methoxy groups -OCH3 is 2. The lowest BCUT2D eigenvalue weighted by Gasteiger charge is -2.52.